The minimum Gasteiger partial charge on any atom is -0.310 e. The summed E-state index contributed by atoms with van der Waals surface area (Å²) in [5.74, 6) is 0.0264. The number of rotatable bonds is 5. The molecule has 2 heteroatoms. The fourth-order valence-corrected chi connectivity index (χ4v) is 3.14. The van der Waals surface area contributed by atoms with E-state index >= 15 is 0 Å². The van der Waals surface area contributed by atoms with E-state index in [9.17, 15) is 4.79 Å². The summed E-state index contributed by atoms with van der Waals surface area (Å²) in [5, 5.41) is 0. The molecule has 0 radical (unpaired) electrons. The minimum atomic E-state index is 0.0264. The first-order valence-corrected chi connectivity index (χ1v) is 8.93. The summed E-state index contributed by atoms with van der Waals surface area (Å²) in [6.45, 7) is 0. The van der Waals surface area contributed by atoms with E-state index < -0.39 is 0 Å². The largest absolute Gasteiger partial charge is 0.310 e. The van der Waals surface area contributed by atoms with Crippen LogP contribution in [0.5, 0.6) is 0 Å². The van der Waals surface area contributed by atoms with Crippen molar-refractivity contribution in [2.45, 2.75) is 0 Å². The molecule has 0 unspecified atom stereocenters. The van der Waals surface area contributed by atoms with Gasteiger partial charge in [-0.15, -0.1) is 0 Å². The number of benzene rings is 4. The van der Waals surface area contributed by atoms with Gasteiger partial charge >= 0.3 is 0 Å². The van der Waals surface area contributed by atoms with E-state index in [-0.39, 0.29) is 5.78 Å². The fourth-order valence-electron chi connectivity index (χ4n) is 3.14. The van der Waals surface area contributed by atoms with Crippen molar-refractivity contribution in [1.82, 2.24) is 0 Å². The normalized spacial score (nSPS) is 10.4. The zero-order valence-corrected chi connectivity index (χ0v) is 14.8. The Morgan fingerprint density at radius 3 is 1.48 bits per heavy atom. The lowest BCUT2D eigenvalue weighted by atomic mass is 10.0. The van der Waals surface area contributed by atoms with Gasteiger partial charge in [-0.05, 0) is 36.4 Å². The van der Waals surface area contributed by atoms with Crippen molar-refractivity contribution in [3.8, 4) is 0 Å². The van der Waals surface area contributed by atoms with Gasteiger partial charge in [0.05, 0.1) is 0 Å². The number of anilines is 3. The highest BCUT2D eigenvalue weighted by atomic mass is 16.1. The second-order valence-corrected chi connectivity index (χ2v) is 6.25. The summed E-state index contributed by atoms with van der Waals surface area (Å²) in [5.41, 5.74) is 4.42. The van der Waals surface area contributed by atoms with Crippen LogP contribution in [-0.4, -0.2) is 5.78 Å². The van der Waals surface area contributed by atoms with E-state index in [1.807, 2.05) is 91.0 Å². The number of hydrogen-bond acceptors (Lipinski definition) is 2. The summed E-state index contributed by atoms with van der Waals surface area (Å²) in [6, 6.07) is 37.5. The highest BCUT2D eigenvalue weighted by molar-refractivity contribution is 6.09. The monoisotopic (exact) mass is 349 g/mol. The van der Waals surface area contributed by atoms with Crippen molar-refractivity contribution in [3.63, 3.8) is 0 Å². The van der Waals surface area contributed by atoms with Crippen LogP contribution in [0.4, 0.5) is 17.1 Å². The van der Waals surface area contributed by atoms with Crippen LogP contribution in [-0.2, 0) is 0 Å². The Balaban J connectivity index is 1.79. The topological polar surface area (TPSA) is 20.3 Å². The molecular formula is C25H19NO. The van der Waals surface area contributed by atoms with Gasteiger partial charge in [-0.3, -0.25) is 4.79 Å². The third kappa shape index (κ3) is 3.65. The van der Waals surface area contributed by atoms with E-state index in [1.54, 1.807) is 0 Å². The SMILES string of the molecule is O=C(c1ccccc1)c1cccc(N(c2ccccc2)c2ccccc2)c1. The van der Waals surface area contributed by atoms with E-state index in [0.29, 0.717) is 11.1 Å². The van der Waals surface area contributed by atoms with E-state index in [1.165, 1.54) is 0 Å². The average molecular weight is 349 g/mol. The molecule has 0 atom stereocenters. The van der Waals surface area contributed by atoms with Gasteiger partial charge in [0.15, 0.2) is 5.78 Å². The molecule has 0 fully saturated rings. The van der Waals surface area contributed by atoms with Crippen LogP contribution in [0.2, 0.25) is 0 Å². The fraction of sp³-hybridized carbons (Fsp3) is 0. The number of nitrogens with zero attached hydrogens (tertiary/aromatic N) is 1. The molecule has 0 bridgehead atoms. The first kappa shape index (κ1) is 16.8. The van der Waals surface area contributed by atoms with Crippen molar-refractivity contribution < 1.29 is 4.79 Å². The molecule has 27 heavy (non-hydrogen) atoms. The highest BCUT2D eigenvalue weighted by Crippen LogP contribution is 2.34. The Kier molecular flexibility index (Phi) is 4.80. The molecule has 130 valence electrons. The highest BCUT2D eigenvalue weighted by Gasteiger charge is 2.15. The van der Waals surface area contributed by atoms with Gasteiger partial charge in [-0.2, -0.15) is 0 Å². The molecule has 0 saturated carbocycles. The zero-order chi connectivity index (χ0) is 18.5. The van der Waals surface area contributed by atoms with Crippen LogP contribution in [0.25, 0.3) is 0 Å². The number of hydrogen-bond donors (Lipinski definition) is 0. The molecule has 0 spiro atoms. The van der Waals surface area contributed by atoms with Gasteiger partial charge in [-0.1, -0.05) is 78.9 Å². The molecule has 0 saturated heterocycles. The molecule has 0 N–H and O–H groups in total. The van der Waals surface area contributed by atoms with E-state index in [4.69, 9.17) is 0 Å². The molecule has 0 aromatic heterocycles. The Morgan fingerprint density at radius 2 is 0.926 bits per heavy atom. The van der Waals surface area contributed by atoms with Crippen LogP contribution in [0.1, 0.15) is 15.9 Å². The smallest absolute Gasteiger partial charge is 0.193 e. The second-order valence-electron chi connectivity index (χ2n) is 6.25. The number of carbonyl (C=O) groups excluding carboxylic acids is 1. The Labute approximate surface area is 159 Å². The maximum Gasteiger partial charge on any atom is 0.193 e. The molecule has 4 aromatic carbocycles. The predicted molar refractivity (Wildman–Crippen MR) is 111 cm³/mol. The summed E-state index contributed by atoms with van der Waals surface area (Å²) in [7, 11) is 0. The number of carbonyl (C=O) groups is 1. The lowest BCUT2D eigenvalue weighted by molar-refractivity contribution is 0.103. The summed E-state index contributed by atoms with van der Waals surface area (Å²) in [4.78, 5) is 15.0. The van der Waals surface area contributed by atoms with Crippen molar-refractivity contribution in [2.75, 3.05) is 4.90 Å². The molecule has 0 aliphatic heterocycles. The van der Waals surface area contributed by atoms with Crippen molar-refractivity contribution in [3.05, 3.63) is 126 Å². The van der Waals surface area contributed by atoms with Crippen molar-refractivity contribution >= 4 is 22.8 Å². The second kappa shape index (κ2) is 7.71. The van der Waals surface area contributed by atoms with Gasteiger partial charge in [0, 0.05) is 28.2 Å². The summed E-state index contributed by atoms with van der Waals surface area (Å²) in [6.07, 6.45) is 0. The first-order valence-electron chi connectivity index (χ1n) is 8.93. The van der Waals surface area contributed by atoms with Gasteiger partial charge in [0.1, 0.15) is 0 Å². The van der Waals surface area contributed by atoms with E-state index in [2.05, 4.69) is 29.2 Å². The van der Waals surface area contributed by atoms with Crippen LogP contribution < -0.4 is 4.90 Å². The number of para-hydroxylation sites is 2. The Morgan fingerprint density at radius 1 is 0.481 bits per heavy atom. The first-order chi connectivity index (χ1) is 13.3. The summed E-state index contributed by atoms with van der Waals surface area (Å²) >= 11 is 0. The van der Waals surface area contributed by atoms with Crippen LogP contribution >= 0.6 is 0 Å². The van der Waals surface area contributed by atoms with Crippen LogP contribution in [0.3, 0.4) is 0 Å². The van der Waals surface area contributed by atoms with Crippen LogP contribution in [0, 0.1) is 0 Å². The Hall–Kier alpha value is -3.65. The summed E-state index contributed by atoms with van der Waals surface area (Å²) < 4.78 is 0. The molecule has 0 amide bonds. The molecule has 0 aliphatic rings. The van der Waals surface area contributed by atoms with Gasteiger partial charge < -0.3 is 4.90 Å². The lowest BCUT2D eigenvalue weighted by Gasteiger charge is -2.25. The lowest BCUT2D eigenvalue weighted by Crippen LogP contribution is -2.11. The zero-order valence-electron chi connectivity index (χ0n) is 14.8. The van der Waals surface area contributed by atoms with Crippen molar-refractivity contribution in [1.29, 1.82) is 0 Å². The Bertz CT molecular complexity index is 988. The standard InChI is InChI=1S/C25H19NO/c27-25(20-11-4-1-5-12-20)21-13-10-18-24(19-21)26(22-14-6-2-7-15-22)23-16-8-3-9-17-23/h1-19H. The minimum absolute atomic E-state index is 0.0264. The maximum atomic E-state index is 12.9. The molecule has 0 aliphatic carbocycles. The number of ketones is 1. The molecule has 4 rings (SSSR count). The van der Waals surface area contributed by atoms with Gasteiger partial charge in [0.2, 0.25) is 0 Å². The predicted octanol–water partition coefficient (Wildman–Crippen LogP) is 6.39. The van der Waals surface area contributed by atoms with Gasteiger partial charge in [-0.25, -0.2) is 0 Å². The molecule has 0 heterocycles. The van der Waals surface area contributed by atoms with E-state index in [0.717, 1.165) is 17.1 Å². The third-order valence-electron chi connectivity index (χ3n) is 4.43. The average Bonchev–Trinajstić information content (AvgIpc) is 2.76. The van der Waals surface area contributed by atoms with Gasteiger partial charge in [0.25, 0.3) is 0 Å². The third-order valence-corrected chi connectivity index (χ3v) is 4.43. The van der Waals surface area contributed by atoms with Crippen molar-refractivity contribution in [2.24, 2.45) is 0 Å². The molecule has 2 nitrogen and oxygen atoms in total. The quantitative estimate of drug-likeness (QED) is 0.389. The molecule has 4 aromatic rings. The van der Waals surface area contributed by atoms with Crippen LogP contribution in [0.15, 0.2) is 115 Å². The maximum absolute atomic E-state index is 12.9. The molecular weight excluding hydrogens is 330 g/mol.